The number of aromatic carboxylic acids is 1. The van der Waals surface area contributed by atoms with Gasteiger partial charge in [-0.2, -0.15) is 10.1 Å². The summed E-state index contributed by atoms with van der Waals surface area (Å²) in [5.41, 5.74) is 3.45. The van der Waals surface area contributed by atoms with E-state index < -0.39 is 5.97 Å². The quantitative estimate of drug-likeness (QED) is 0.757. The zero-order valence-electron chi connectivity index (χ0n) is 15.9. The van der Waals surface area contributed by atoms with Gasteiger partial charge in [0.25, 0.3) is 5.91 Å². The van der Waals surface area contributed by atoms with Gasteiger partial charge in [-0.05, 0) is 61.7 Å². The molecule has 0 radical (unpaired) electrons. The number of amides is 1. The lowest BCUT2D eigenvalue weighted by Crippen LogP contribution is -2.21. The van der Waals surface area contributed by atoms with Gasteiger partial charge >= 0.3 is 5.97 Å². The van der Waals surface area contributed by atoms with Crippen LogP contribution in [0.1, 0.15) is 35.7 Å². The SMILES string of the molecule is CC1=NN(c2ccc(Cl)c(C(=O)O)c2)C(=O)/C1=C/c1ccc(N2CCCC2)cc1. The van der Waals surface area contributed by atoms with E-state index in [1.807, 2.05) is 18.2 Å². The van der Waals surface area contributed by atoms with Gasteiger partial charge in [0.2, 0.25) is 0 Å². The molecule has 0 aromatic heterocycles. The van der Waals surface area contributed by atoms with Crippen LogP contribution in [-0.2, 0) is 4.79 Å². The van der Waals surface area contributed by atoms with Crippen LogP contribution < -0.4 is 9.91 Å². The minimum absolute atomic E-state index is 0.0697. The van der Waals surface area contributed by atoms with E-state index in [-0.39, 0.29) is 16.5 Å². The van der Waals surface area contributed by atoms with Gasteiger partial charge in [0.15, 0.2) is 0 Å². The Balaban J connectivity index is 1.59. The highest BCUT2D eigenvalue weighted by Crippen LogP contribution is 2.29. The van der Waals surface area contributed by atoms with E-state index in [1.165, 1.54) is 35.7 Å². The fourth-order valence-corrected chi connectivity index (χ4v) is 3.79. The number of carboxylic acid groups (broad SMARTS) is 1. The van der Waals surface area contributed by atoms with Gasteiger partial charge in [-0.15, -0.1) is 0 Å². The summed E-state index contributed by atoms with van der Waals surface area (Å²) in [4.78, 5) is 26.6. The Bertz CT molecular complexity index is 1040. The molecule has 2 aliphatic heterocycles. The molecule has 2 aliphatic rings. The van der Waals surface area contributed by atoms with Crippen LogP contribution in [0.15, 0.2) is 53.1 Å². The Kier molecular flexibility index (Phi) is 5.11. The molecular weight excluding hydrogens is 390 g/mol. The van der Waals surface area contributed by atoms with Crippen LogP contribution in [0.4, 0.5) is 11.4 Å². The molecule has 1 amide bonds. The molecule has 0 atom stereocenters. The molecule has 2 aromatic carbocycles. The largest absolute Gasteiger partial charge is 0.478 e. The second kappa shape index (κ2) is 7.72. The molecule has 0 saturated carbocycles. The number of benzene rings is 2. The molecule has 2 aromatic rings. The highest BCUT2D eigenvalue weighted by atomic mass is 35.5. The zero-order valence-corrected chi connectivity index (χ0v) is 16.7. The lowest BCUT2D eigenvalue weighted by atomic mass is 10.1. The molecule has 1 saturated heterocycles. The molecule has 4 rings (SSSR count). The minimum Gasteiger partial charge on any atom is -0.478 e. The molecular formula is C22H20ClN3O3. The number of carbonyl (C=O) groups excluding carboxylic acids is 1. The minimum atomic E-state index is -1.15. The Morgan fingerprint density at radius 3 is 2.41 bits per heavy atom. The van der Waals surface area contributed by atoms with Crippen molar-refractivity contribution in [2.75, 3.05) is 23.0 Å². The highest BCUT2D eigenvalue weighted by Gasteiger charge is 2.29. The Labute approximate surface area is 173 Å². The molecule has 6 nitrogen and oxygen atoms in total. The van der Waals surface area contributed by atoms with Crippen molar-refractivity contribution in [3.63, 3.8) is 0 Å². The number of carboxylic acids is 1. The first kappa shape index (κ1) is 19.2. The van der Waals surface area contributed by atoms with E-state index in [4.69, 9.17) is 11.6 Å². The highest BCUT2D eigenvalue weighted by molar-refractivity contribution is 6.34. The predicted octanol–water partition coefficient (Wildman–Crippen LogP) is 4.44. The summed E-state index contributed by atoms with van der Waals surface area (Å²) in [6.07, 6.45) is 4.25. The number of anilines is 2. The summed E-state index contributed by atoms with van der Waals surface area (Å²) in [5.74, 6) is -1.46. The van der Waals surface area contributed by atoms with Crippen LogP contribution in [0.25, 0.3) is 6.08 Å². The smallest absolute Gasteiger partial charge is 0.337 e. The van der Waals surface area contributed by atoms with Crippen LogP contribution in [0.3, 0.4) is 0 Å². The third-order valence-electron chi connectivity index (χ3n) is 5.16. The van der Waals surface area contributed by atoms with Crippen molar-refractivity contribution in [1.82, 2.24) is 0 Å². The maximum Gasteiger partial charge on any atom is 0.337 e. The summed E-state index contributed by atoms with van der Waals surface area (Å²) in [5, 5.41) is 14.9. The average Bonchev–Trinajstić information content (AvgIpc) is 3.33. The van der Waals surface area contributed by atoms with Gasteiger partial charge in [0.05, 0.1) is 27.6 Å². The number of halogens is 1. The van der Waals surface area contributed by atoms with E-state index in [0.717, 1.165) is 18.7 Å². The second-order valence-corrected chi connectivity index (χ2v) is 7.52. The van der Waals surface area contributed by atoms with Crippen LogP contribution in [0.5, 0.6) is 0 Å². The number of hydrogen-bond acceptors (Lipinski definition) is 4. The van der Waals surface area contributed by atoms with Crippen molar-refractivity contribution < 1.29 is 14.7 Å². The standard InChI is InChI=1S/C22H20ClN3O3/c1-14-18(12-15-4-6-16(7-5-15)25-10-2-3-11-25)21(27)26(24-14)17-8-9-20(23)19(13-17)22(28)29/h4-9,12-13H,2-3,10-11H2,1H3,(H,28,29)/b18-12+. The van der Waals surface area contributed by atoms with Gasteiger partial charge in [-0.3, -0.25) is 4.79 Å². The van der Waals surface area contributed by atoms with Gasteiger partial charge < -0.3 is 10.0 Å². The van der Waals surface area contributed by atoms with E-state index >= 15 is 0 Å². The molecule has 0 unspecified atom stereocenters. The number of hydrogen-bond donors (Lipinski definition) is 1. The summed E-state index contributed by atoms with van der Waals surface area (Å²) in [7, 11) is 0. The van der Waals surface area contributed by atoms with E-state index in [1.54, 1.807) is 13.0 Å². The molecule has 2 heterocycles. The zero-order chi connectivity index (χ0) is 20.5. The topological polar surface area (TPSA) is 73.2 Å². The van der Waals surface area contributed by atoms with Gasteiger partial charge in [0.1, 0.15) is 0 Å². The lowest BCUT2D eigenvalue weighted by molar-refractivity contribution is -0.114. The van der Waals surface area contributed by atoms with Crippen molar-refractivity contribution >= 4 is 46.6 Å². The predicted molar refractivity (Wildman–Crippen MR) is 115 cm³/mol. The van der Waals surface area contributed by atoms with Crippen molar-refractivity contribution in [3.8, 4) is 0 Å². The maximum absolute atomic E-state index is 12.9. The van der Waals surface area contributed by atoms with Crippen molar-refractivity contribution in [3.05, 3.63) is 64.2 Å². The summed E-state index contributed by atoms with van der Waals surface area (Å²) in [6.45, 7) is 3.93. The molecule has 7 heteroatoms. The Morgan fingerprint density at radius 1 is 1.10 bits per heavy atom. The number of nitrogens with zero attached hydrogens (tertiary/aromatic N) is 3. The monoisotopic (exact) mass is 409 g/mol. The number of hydrazone groups is 1. The van der Waals surface area contributed by atoms with Crippen LogP contribution in [0.2, 0.25) is 5.02 Å². The third-order valence-corrected chi connectivity index (χ3v) is 5.49. The van der Waals surface area contributed by atoms with Crippen molar-refractivity contribution in [2.24, 2.45) is 5.10 Å². The second-order valence-electron chi connectivity index (χ2n) is 7.12. The molecule has 148 valence electrons. The van der Waals surface area contributed by atoms with Crippen molar-refractivity contribution in [2.45, 2.75) is 19.8 Å². The molecule has 1 N–H and O–H groups in total. The fourth-order valence-electron chi connectivity index (χ4n) is 3.59. The summed E-state index contributed by atoms with van der Waals surface area (Å²) < 4.78 is 0. The molecule has 0 bridgehead atoms. The van der Waals surface area contributed by atoms with E-state index in [2.05, 4.69) is 22.1 Å². The van der Waals surface area contributed by atoms with Crippen LogP contribution in [0, 0.1) is 0 Å². The van der Waals surface area contributed by atoms with E-state index in [9.17, 15) is 14.7 Å². The van der Waals surface area contributed by atoms with Gasteiger partial charge in [-0.25, -0.2) is 4.79 Å². The van der Waals surface area contributed by atoms with Crippen molar-refractivity contribution in [1.29, 1.82) is 0 Å². The molecule has 1 fully saturated rings. The maximum atomic E-state index is 12.9. The molecule has 0 aliphatic carbocycles. The Hall–Kier alpha value is -3.12. The number of rotatable bonds is 4. The van der Waals surface area contributed by atoms with Gasteiger partial charge in [0, 0.05) is 18.8 Å². The Morgan fingerprint density at radius 2 is 1.76 bits per heavy atom. The van der Waals surface area contributed by atoms with Crippen LogP contribution >= 0.6 is 11.6 Å². The first-order valence-corrected chi connectivity index (χ1v) is 9.81. The summed E-state index contributed by atoms with van der Waals surface area (Å²) in [6, 6.07) is 12.5. The fraction of sp³-hybridized carbons (Fsp3) is 0.227. The van der Waals surface area contributed by atoms with Crippen LogP contribution in [-0.4, -0.2) is 35.8 Å². The van der Waals surface area contributed by atoms with Gasteiger partial charge in [-0.1, -0.05) is 23.7 Å². The normalized spacial score (nSPS) is 17.9. The molecule has 29 heavy (non-hydrogen) atoms. The van der Waals surface area contributed by atoms with E-state index in [0.29, 0.717) is 17.0 Å². The average molecular weight is 410 g/mol. The third kappa shape index (κ3) is 3.76. The number of carbonyl (C=O) groups is 2. The summed E-state index contributed by atoms with van der Waals surface area (Å²) >= 11 is 5.92. The first-order valence-electron chi connectivity index (χ1n) is 9.43. The molecule has 0 spiro atoms. The lowest BCUT2D eigenvalue weighted by Gasteiger charge is -2.17. The first-order chi connectivity index (χ1) is 13.9.